The van der Waals surface area contributed by atoms with E-state index < -0.39 is 17.4 Å². The number of amides is 3. The highest BCUT2D eigenvalue weighted by atomic mass is 35.5. The molecule has 0 unspecified atom stereocenters. The van der Waals surface area contributed by atoms with Gasteiger partial charge < -0.3 is 10.6 Å². The van der Waals surface area contributed by atoms with Crippen LogP contribution in [0.1, 0.15) is 18.1 Å². The number of nitrogens with zero attached hydrogens (tertiary/aromatic N) is 1. The molecule has 5 rings (SSSR count). The summed E-state index contributed by atoms with van der Waals surface area (Å²) in [5, 5.41) is 5.31. The number of rotatable bonds is 2. The van der Waals surface area contributed by atoms with Crippen molar-refractivity contribution < 1.29 is 19.7 Å². The molecule has 3 aliphatic rings. The van der Waals surface area contributed by atoms with E-state index >= 15 is 0 Å². The Kier molecular flexibility index (Phi) is 3.66. The lowest BCUT2D eigenvalue weighted by Gasteiger charge is -2.26. The van der Waals surface area contributed by atoms with Gasteiger partial charge in [-0.15, -0.1) is 0 Å². The summed E-state index contributed by atoms with van der Waals surface area (Å²) in [6.45, 7) is 2.03. The predicted molar refractivity (Wildman–Crippen MR) is 102 cm³/mol. The number of nitrogens with two attached hydrogens (primary N) is 1. The van der Waals surface area contributed by atoms with Crippen LogP contribution in [0.3, 0.4) is 0 Å². The molecule has 3 aliphatic heterocycles. The zero-order valence-corrected chi connectivity index (χ0v) is 15.9. The Morgan fingerprint density at radius 3 is 2.57 bits per heavy atom. The van der Waals surface area contributed by atoms with Gasteiger partial charge >= 0.3 is 0 Å². The van der Waals surface area contributed by atoms with E-state index in [-0.39, 0.29) is 30.3 Å². The molecule has 0 bridgehead atoms. The van der Waals surface area contributed by atoms with Crippen LogP contribution in [0.5, 0.6) is 0 Å². The first-order valence-electron chi connectivity index (χ1n) is 9.31. The Morgan fingerprint density at radius 2 is 1.79 bits per heavy atom. The Balaban J connectivity index is 1.58. The topological polar surface area (TPSA) is 83.1 Å². The van der Waals surface area contributed by atoms with Crippen molar-refractivity contribution in [1.82, 2.24) is 4.90 Å². The molecule has 142 valence electrons. The Morgan fingerprint density at radius 1 is 1.07 bits per heavy atom. The molecule has 2 aromatic rings. The third kappa shape index (κ3) is 2.10. The maximum Gasteiger partial charge on any atom is 0.291 e. The summed E-state index contributed by atoms with van der Waals surface area (Å²) in [5.41, 5.74) is 1.11. The molecule has 7 heteroatoms. The van der Waals surface area contributed by atoms with E-state index in [1.807, 2.05) is 42.6 Å². The summed E-state index contributed by atoms with van der Waals surface area (Å²) < 4.78 is 0. The zero-order chi connectivity index (χ0) is 19.6. The lowest BCUT2D eigenvalue weighted by Crippen LogP contribution is -2.98. The molecule has 1 spiro atoms. The lowest BCUT2D eigenvalue weighted by atomic mass is 9.76. The van der Waals surface area contributed by atoms with E-state index in [1.54, 1.807) is 18.2 Å². The van der Waals surface area contributed by atoms with Crippen molar-refractivity contribution in [3.63, 3.8) is 0 Å². The molecule has 28 heavy (non-hydrogen) atoms. The molecule has 2 aromatic carbocycles. The minimum absolute atomic E-state index is 0.121. The van der Waals surface area contributed by atoms with Crippen molar-refractivity contribution in [1.29, 1.82) is 0 Å². The molecule has 4 atom stereocenters. The number of imide groups is 1. The third-order valence-electron chi connectivity index (χ3n) is 6.31. The van der Waals surface area contributed by atoms with Crippen molar-refractivity contribution >= 4 is 35.0 Å². The number of hydrogen-bond acceptors (Lipinski definition) is 3. The molecule has 3 heterocycles. The van der Waals surface area contributed by atoms with Gasteiger partial charge in [-0.05, 0) is 24.6 Å². The fourth-order valence-corrected chi connectivity index (χ4v) is 5.30. The highest BCUT2D eigenvalue weighted by molar-refractivity contribution is 6.31. The largest absolute Gasteiger partial charge is 0.326 e. The smallest absolute Gasteiger partial charge is 0.291 e. The maximum atomic E-state index is 13.4. The molecule has 0 aromatic heterocycles. The molecular formula is C21H19ClN3O3+. The highest BCUT2D eigenvalue weighted by Crippen LogP contribution is 2.49. The van der Waals surface area contributed by atoms with E-state index in [9.17, 15) is 14.4 Å². The van der Waals surface area contributed by atoms with Gasteiger partial charge in [-0.25, -0.2) is 0 Å². The number of likely N-dealkylation sites (tertiary alicyclic amines) is 1. The first kappa shape index (κ1) is 17.4. The molecule has 0 radical (unpaired) electrons. The number of halogens is 1. The van der Waals surface area contributed by atoms with Gasteiger partial charge in [0.1, 0.15) is 11.8 Å². The van der Waals surface area contributed by atoms with Crippen LogP contribution in [0.2, 0.25) is 5.02 Å². The van der Waals surface area contributed by atoms with Crippen LogP contribution in [-0.4, -0.2) is 28.7 Å². The van der Waals surface area contributed by atoms with Crippen molar-refractivity contribution in [3.8, 4) is 0 Å². The second-order valence-corrected chi connectivity index (χ2v) is 8.16. The van der Waals surface area contributed by atoms with Crippen molar-refractivity contribution in [2.45, 2.75) is 25.0 Å². The van der Waals surface area contributed by atoms with E-state index in [1.165, 1.54) is 4.90 Å². The second kappa shape index (κ2) is 5.90. The summed E-state index contributed by atoms with van der Waals surface area (Å²) >= 11 is 6.24. The van der Waals surface area contributed by atoms with Gasteiger partial charge in [-0.1, -0.05) is 48.0 Å². The average molecular weight is 397 g/mol. The van der Waals surface area contributed by atoms with Crippen LogP contribution in [0.25, 0.3) is 0 Å². The molecular weight excluding hydrogens is 378 g/mol. The summed E-state index contributed by atoms with van der Waals surface area (Å²) in [6.07, 6.45) is 0. The Hall–Kier alpha value is -2.70. The van der Waals surface area contributed by atoms with Gasteiger partial charge in [-0.3, -0.25) is 19.3 Å². The summed E-state index contributed by atoms with van der Waals surface area (Å²) in [7, 11) is 0. The van der Waals surface area contributed by atoms with E-state index in [2.05, 4.69) is 5.32 Å². The van der Waals surface area contributed by atoms with Gasteiger partial charge in [0, 0.05) is 10.6 Å². The van der Waals surface area contributed by atoms with Crippen LogP contribution in [0, 0.1) is 11.8 Å². The van der Waals surface area contributed by atoms with Gasteiger partial charge in [0.15, 0.2) is 0 Å². The minimum Gasteiger partial charge on any atom is -0.326 e. The predicted octanol–water partition coefficient (Wildman–Crippen LogP) is 1.25. The number of anilines is 1. The molecule has 2 fully saturated rings. The van der Waals surface area contributed by atoms with Crippen molar-refractivity contribution in [3.05, 3.63) is 64.7 Å². The molecule has 6 nitrogen and oxygen atoms in total. The number of hydrogen-bond donors (Lipinski definition) is 2. The number of nitrogens with one attached hydrogen (secondary N) is 1. The molecule has 3 N–H and O–H groups in total. The fraction of sp³-hybridized carbons (Fsp3) is 0.286. The second-order valence-electron chi connectivity index (χ2n) is 7.75. The normalized spacial score (nSPS) is 30.7. The maximum absolute atomic E-state index is 13.4. The van der Waals surface area contributed by atoms with Gasteiger partial charge in [0.05, 0.1) is 18.3 Å². The van der Waals surface area contributed by atoms with Crippen LogP contribution in [0.15, 0.2) is 48.5 Å². The van der Waals surface area contributed by atoms with Gasteiger partial charge in [0.25, 0.3) is 5.91 Å². The number of carbonyl (C=O) groups excluding carboxylic acids is 3. The van der Waals surface area contributed by atoms with E-state index in [0.29, 0.717) is 16.3 Å². The Bertz CT molecular complexity index is 1040. The average Bonchev–Trinajstić information content (AvgIpc) is 3.23. The summed E-state index contributed by atoms with van der Waals surface area (Å²) in [5.74, 6) is -2.02. The van der Waals surface area contributed by atoms with Gasteiger partial charge in [-0.2, -0.15) is 0 Å². The van der Waals surface area contributed by atoms with Gasteiger partial charge in [0.2, 0.25) is 17.4 Å². The van der Waals surface area contributed by atoms with Crippen LogP contribution < -0.4 is 10.6 Å². The molecule has 3 amide bonds. The summed E-state index contributed by atoms with van der Waals surface area (Å²) in [4.78, 5) is 41.0. The van der Waals surface area contributed by atoms with E-state index in [0.717, 1.165) is 5.56 Å². The van der Waals surface area contributed by atoms with Crippen molar-refractivity contribution in [2.75, 3.05) is 5.32 Å². The monoisotopic (exact) mass is 396 g/mol. The molecule has 0 saturated carbocycles. The van der Waals surface area contributed by atoms with Crippen molar-refractivity contribution in [2.24, 2.45) is 11.8 Å². The van der Waals surface area contributed by atoms with E-state index in [4.69, 9.17) is 11.6 Å². The minimum atomic E-state index is -1.09. The Labute approximate surface area is 166 Å². The summed E-state index contributed by atoms with van der Waals surface area (Å²) in [6, 6.07) is 14.4. The first-order valence-corrected chi connectivity index (χ1v) is 9.68. The first-order chi connectivity index (χ1) is 13.4. The standard InChI is InChI=1S/C21H18ClN3O3/c1-11-16-17(21(24-11)13-7-3-5-9-15(13)23-20(21)28)19(27)25(18(16)26)10-12-6-2-4-8-14(12)22/h2-9,11,16-17,24H,10H2,1H3,(H,23,28)/p+1/t11-,16-,17+,21+/m1/s1. The number of fused-ring (bicyclic) bond motifs is 4. The third-order valence-corrected chi connectivity index (χ3v) is 6.68. The highest BCUT2D eigenvalue weighted by Gasteiger charge is 2.73. The van der Waals surface area contributed by atoms with Crippen LogP contribution in [0.4, 0.5) is 5.69 Å². The van der Waals surface area contributed by atoms with Crippen LogP contribution in [-0.2, 0) is 26.5 Å². The SMILES string of the molecule is C[C@H]1[NH2+][C@]2(C(=O)Nc3ccccc32)[C@@H]2C(=O)N(Cc3ccccc3Cl)C(=O)[C@@H]21. The fourth-order valence-electron chi connectivity index (χ4n) is 5.11. The lowest BCUT2D eigenvalue weighted by molar-refractivity contribution is -0.730. The van der Waals surface area contributed by atoms with Crippen LogP contribution >= 0.6 is 11.6 Å². The number of quaternary nitrogens is 1. The molecule has 2 saturated heterocycles. The number of para-hydroxylation sites is 1. The number of benzene rings is 2. The quantitative estimate of drug-likeness (QED) is 0.749. The zero-order valence-electron chi connectivity index (χ0n) is 15.2. The number of carbonyl (C=O) groups is 3. The molecule has 0 aliphatic carbocycles.